The molecule has 146 valence electrons. The molecule has 1 N–H and O–H groups in total. The van der Waals surface area contributed by atoms with Crippen molar-refractivity contribution in [2.24, 2.45) is 0 Å². The summed E-state index contributed by atoms with van der Waals surface area (Å²) in [6.45, 7) is 10.8. The lowest BCUT2D eigenvalue weighted by Gasteiger charge is -2.19. The molecule has 1 aromatic heterocycles. The van der Waals surface area contributed by atoms with Gasteiger partial charge >= 0.3 is 0 Å². The van der Waals surface area contributed by atoms with E-state index in [-0.39, 0.29) is 18.1 Å². The monoisotopic (exact) mass is 377 g/mol. The van der Waals surface area contributed by atoms with Crippen molar-refractivity contribution in [2.45, 2.75) is 46.8 Å². The Labute approximate surface area is 166 Å². The van der Waals surface area contributed by atoms with Crippen LogP contribution in [0.5, 0.6) is 5.75 Å². The first-order valence-electron chi connectivity index (χ1n) is 9.38. The summed E-state index contributed by atoms with van der Waals surface area (Å²) in [6.07, 6.45) is 1.74. The van der Waals surface area contributed by atoms with Crippen LogP contribution in [-0.4, -0.2) is 15.7 Å². The van der Waals surface area contributed by atoms with Crippen LogP contribution in [0.25, 0.3) is 0 Å². The molecule has 1 heterocycles. The number of benzene rings is 2. The lowest BCUT2D eigenvalue weighted by Crippen LogP contribution is -2.15. The van der Waals surface area contributed by atoms with E-state index < -0.39 is 0 Å². The fourth-order valence-corrected chi connectivity index (χ4v) is 2.82. The molecule has 3 aromatic rings. The number of anilines is 1. The van der Waals surface area contributed by atoms with Gasteiger partial charge in [0.15, 0.2) is 12.4 Å². The molecule has 5 heteroatoms. The average Bonchev–Trinajstić information content (AvgIpc) is 3.12. The molecule has 0 fully saturated rings. The van der Waals surface area contributed by atoms with E-state index in [9.17, 15) is 4.79 Å². The first-order chi connectivity index (χ1) is 13.2. The number of hydrogen-bond acceptors (Lipinski definition) is 3. The lowest BCUT2D eigenvalue weighted by atomic mass is 9.87. The minimum Gasteiger partial charge on any atom is -0.471 e. The van der Waals surface area contributed by atoms with Gasteiger partial charge in [-0.3, -0.25) is 4.79 Å². The number of rotatable bonds is 5. The third kappa shape index (κ3) is 4.60. The van der Waals surface area contributed by atoms with Crippen LogP contribution >= 0.6 is 0 Å². The maximum Gasteiger partial charge on any atom is 0.276 e. The molecule has 0 aliphatic carbocycles. The second-order valence-corrected chi connectivity index (χ2v) is 7.99. The molecule has 0 aliphatic heterocycles. The molecule has 5 nitrogen and oxygen atoms in total. The summed E-state index contributed by atoms with van der Waals surface area (Å²) in [4.78, 5) is 12.5. The summed E-state index contributed by atoms with van der Waals surface area (Å²) in [5.74, 6) is 0.534. The Morgan fingerprint density at radius 3 is 2.46 bits per heavy atom. The van der Waals surface area contributed by atoms with Crippen LogP contribution in [0.2, 0.25) is 0 Å². The third-order valence-electron chi connectivity index (χ3n) is 4.81. The second-order valence-electron chi connectivity index (χ2n) is 7.99. The van der Waals surface area contributed by atoms with E-state index in [0.29, 0.717) is 5.69 Å². The van der Waals surface area contributed by atoms with Crippen molar-refractivity contribution in [1.82, 2.24) is 9.78 Å². The Bertz CT molecular complexity index is 966. The van der Waals surface area contributed by atoms with Crippen molar-refractivity contribution >= 4 is 11.6 Å². The van der Waals surface area contributed by atoms with Gasteiger partial charge in [0.1, 0.15) is 5.75 Å². The first-order valence-corrected chi connectivity index (χ1v) is 9.38. The van der Waals surface area contributed by atoms with Crippen LogP contribution in [-0.2, 0) is 12.1 Å². The van der Waals surface area contributed by atoms with Crippen LogP contribution < -0.4 is 10.1 Å². The SMILES string of the molecule is Cc1cccc(NC(=O)c2ccn(COc3ccc(C(C)(C)C)cc3)n2)c1C. The molecular formula is C23H27N3O2. The van der Waals surface area contributed by atoms with Gasteiger partial charge in [0.25, 0.3) is 5.91 Å². The van der Waals surface area contributed by atoms with Crippen LogP contribution in [0.1, 0.15) is 48.0 Å². The molecule has 0 saturated carbocycles. The van der Waals surface area contributed by atoms with Crippen molar-refractivity contribution in [3.8, 4) is 5.75 Å². The molecule has 0 unspecified atom stereocenters. The molecule has 0 bridgehead atoms. The van der Waals surface area contributed by atoms with Gasteiger partial charge in [0.2, 0.25) is 0 Å². The Hall–Kier alpha value is -3.08. The minimum absolute atomic E-state index is 0.110. The first kappa shape index (κ1) is 19.7. The smallest absolute Gasteiger partial charge is 0.276 e. The lowest BCUT2D eigenvalue weighted by molar-refractivity contribution is 0.102. The summed E-state index contributed by atoms with van der Waals surface area (Å²) in [5, 5.41) is 7.23. The maximum atomic E-state index is 12.5. The molecule has 28 heavy (non-hydrogen) atoms. The van der Waals surface area contributed by atoms with Gasteiger partial charge in [-0.05, 0) is 60.2 Å². The van der Waals surface area contributed by atoms with E-state index in [2.05, 4.69) is 43.3 Å². The van der Waals surface area contributed by atoms with Crippen molar-refractivity contribution in [1.29, 1.82) is 0 Å². The summed E-state index contributed by atoms with van der Waals surface area (Å²) >= 11 is 0. The van der Waals surface area contributed by atoms with E-state index in [1.807, 2.05) is 44.2 Å². The van der Waals surface area contributed by atoms with Gasteiger partial charge in [-0.1, -0.05) is 45.0 Å². The predicted molar refractivity (Wildman–Crippen MR) is 112 cm³/mol. The van der Waals surface area contributed by atoms with Crippen LogP contribution in [0, 0.1) is 13.8 Å². The number of carbonyl (C=O) groups is 1. The molecule has 1 amide bonds. The van der Waals surface area contributed by atoms with Crippen LogP contribution in [0.3, 0.4) is 0 Å². The fraction of sp³-hybridized carbons (Fsp3) is 0.304. The summed E-state index contributed by atoms with van der Waals surface area (Å²) in [5.41, 5.74) is 4.71. The Morgan fingerprint density at radius 1 is 1.07 bits per heavy atom. The van der Waals surface area contributed by atoms with Gasteiger partial charge in [-0.15, -0.1) is 0 Å². The highest BCUT2D eigenvalue weighted by atomic mass is 16.5. The minimum atomic E-state index is -0.234. The molecule has 0 spiro atoms. The molecular weight excluding hydrogens is 350 g/mol. The highest BCUT2D eigenvalue weighted by molar-refractivity contribution is 6.03. The zero-order chi connectivity index (χ0) is 20.3. The van der Waals surface area contributed by atoms with Crippen molar-refractivity contribution in [2.75, 3.05) is 5.32 Å². The van der Waals surface area contributed by atoms with Crippen LogP contribution in [0.15, 0.2) is 54.7 Å². The normalized spacial score (nSPS) is 11.3. The zero-order valence-corrected chi connectivity index (χ0v) is 17.1. The maximum absolute atomic E-state index is 12.5. The number of nitrogens with one attached hydrogen (secondary N) is 1. The summed E-state index contributed by atoms with van der Waals surface area (Å²) < 4.78 is 7.38. The number of aryl methyl sites for hydroxylation is 1. The van der Waals surface area contributed by atoms with Gasteiger partial charge < -0.3 is 10.1 Å². The number of amides is 1. The van der Waals surface area contributed by atoms with E-state index in [4.69, 9.17) is 4.74 Å². The number of carbonyl (C=O) groups excluding carboxylic acids is 1. The Morgan fingerprint density at radius 2 is 1.79 bits per heavy atom. The van der Waals surface area contributed by atoms with Crippen molar-refractivity contribution in [3.05, 3.63) is 77.1 Å². The Balaban J connectivity index is 1.61. The number of aromatic nitrogens is 2. The van der Waals surface area contributed by atoms with Gasteiger partial charge in [0.05, 0.1) is 0 Å². The van der Waals surface area contributed by atoms with E-state index in [1.165, 1.54) is 5.56 Å². The highest BCUT2D eigenvalue weighted by Gasteiger charge is 2.14. The quantitative estimate of drug-likeness (QED) is 0.674. The number of nitrogens with zero attached hydrogens (tertiary/aromatic N) is 2. The van der Waals surface area contributed by atoms with E-state index in [0.717, 1.165) is 22.6 Å². The van der Waals surface area contributed by atoms with Gasteiger partial charge in [-0.2, -0.15) is 5.10 Å². The summed E-state index contributed by atoms with van der Waals surface area (Å²) in [7, 11) is 0. The molecule has 2 aromatic carbocycles. The number of hydrogen-bond donors (Lipinski definition) is 1. The predicted octanol–water partition coefficient (Wildman–Crippen LogP) is 5.09. The highest BCUT2D eigenvalue weighted by Crippen LogP contribution is 2.24. The van der Waals surface area contributed by atoms with Gasteiger partial charge in [-0.25, -0.2) is 4.68 Å². The third-order valence-corrected chi connectivity index (χ3v) is 4.81. The number of ether oxygens (including phenoxy) is 1. The molecule has 0 saturated heterocycles. The second kappa shape index (κ2) is 7.89. The molecule has 0 aliphatic rings. The fourth-order valence-electron chi connectivity index (χ4n) is 2.82. The molecule has 0 atom stereocenters. The standard InChI is InChI=1S/C23H27N3O2/c1-16-7-6-8-20(17(16)2)24-22(27)21-13-14-26(25-21)15-28-19-11-9-18(10-12-19)23(3,4)5/h6-14H,15H2,1-5H3,(H,24,27). The largest absolute Gasteiger partial charge is 0.471 e. The Kier molecular flexibility index (Phi) is 5.54. The van der Waals surface area contributed by atoms with Gasteiger partial charge in [0, 0.05) is 11.9 Å². The van der Waals surface area contributed by atoms with E-state index in [1.54, 1.807) is 16.9 Å². The molecule has 3 rings (SSSR count). The topological polar surface area (TPSA) is 56.2 Å². The van der Waals surface area contributed by atoms with E-state index >= 15 is 0 Å². The van der Waals surface area contributed by atoms with Crippen LogP contribution in [0.4, 0.5) is 5.69 Å². The summed E-state index contributed by atoms with van der Waals surface area (Å²) in [6, 6.07) is 15.6. The average molecular weight is 377 g/mol. The molecule has 0 radical (unpaired) electrons. The van der Waals surface area contributed by atoms with Crippen molar-refractivity contribution < 1.29 is 9.53 Å². The zero-order valence-electron chi connectivity index (χ0n) is 17.1. The van der Waals surface area contributed by atoms with Crippen molar-refractivity contribution in [3.63, 3.8) is 0 Å².